The number of para-hydroxylation sites is 1. The van der Waals surface area contributed by atoms with Crippen molar-refractivity contribution in [3.05, 3.63) is 30.0 Å². The molecule has 1 aliphatic rings. The normalized spacial score (nSPS) is 16.4. The highest BCUT2D eigenvalue weighted by Crippen LogP contribution is 2.58. The second-order valence-corrected chi connectivity index (χ2v) is 5.71. The fourth-order valence-electron chi connectivity index (χ4n) is 1.82. The molecule has 0 saturated carbocycles. The van der Waals surface area contributed by atoms with Crippen LogP contribution in [0.3, 0.4) is 0 Å². The van der Waals surface area contributed by atoms with Crippen LogP contribution in [0, 0.1) is 0 Å². The molecule has 4 N–H and O–H groups in total. The molecule has 8 heteroatoms. The SMILES string of the molecule is COc1cccc2c1NN(C)C=C2P(=O)(O)OC.O. The summed E-state index contributed by atoms with van der Waals surface area (Å²) in [6.45, 7) is 0. The summed E-state index contributed by atoms with van der Waals surface area (Å²) in [5.41, 5.74) is 4.29. The number of fused-ring (bicyclic) bond motifs is 1. The van der Waals surface area contributed by atoms with Gasteiger partial charge >= 0.3 is 7.60 Å². The molecule has 1 aromatic carbocycles. The molecule has 1 atom stereocenters. The van der Waals surface area contributed by atoms with Crippen LogP contribution in [0.2, 0.25) is 0 Å². The minimum atomic E-state index is -3.82. The number of nitrogens with one attached hydrogen (secondary N) is 1. The van der Waals surface area contributed by atoms with E-state index >= 15 is 0 Å². The molecule has 1 aliphatic heterocycles. The van der Waals surface area contributed by atoms with E-state index in [4.69, 9.17) is 9.26 Å². The Morgan fingerprint density at radius 3 is 2.63 bits per heavy atom. The van der Waals surface area contributed by atoms with Crippen LogP contribution in [-0.2, 0) is 9.09 Å². The molecule has 106 valence electrons. The highest BCUT2D eigenvalue weighted by atomic mass is 31.2. The molecule has 1 unspecified atom stereocenters. The maximum atomic E-state index is 12.0. The predicted octanol–water partition coefficient (Wildman–Crippen LogP) is 1.27. The van der Waals surface area contributed by atoms with Gasteiger partial charge in [-0.05, 0) is 6.07 Å². The van der Waals surface area contributed by atoms with Crippen molar-refractivity contribution >= 4 is 18.6 Å². The summed E-state index contributed by atoms with van der Waals surface area (Å²) in [5.74, 6) is 0.598. The molecular weight excluding hydrogens is 271 g/mol. The average molecular weight is 288 g/mol. The summed E-state index contributed by atoms with van der Waals surface area (Å²) < 4.78 is 21.9. The Hall–Kier alpha value is -1.53. The van der Waals surface area contributed by atoms with Crippen LogP contribution in [0.1, 0.15) is 5.56 Å². The third-order valence-electron chi connectivity index (χ3n) is 2.68. The lowest BCUT2D eigenvalue weighted by Crippen LogP contribution is -2.24. The quantitative estimate of drug-likeness (QED) is 0.812. The van der Waals surface area contributed by atoms with Gasteiger partial charge in [-0.25, -0.2) is 0 Å². The first-order valence-electron chi connectivity index (χ1n) is 5.27. The Labute approximate surface area is 111 Å². The number of benzene rings is 1. The lowest BCUT2D eigenvalue weighted by atomic mass is 10.1. The first kappa shape index (κ1) is 15.5. The van der Waals surface area contributed by atoms with Crippen LogP contribution in [0.5, 0.6) is 5.75 Å². The zero-order chi connectivity index (χ0) is 13.3. The van der Waals surface area contributed by atoms with E-state index in [9.17, 15) is 9.46 Å². The zero-order valence-electron chi connectivity index (χ0n) is 10.9. The maximum absolute atomic E-state index is 12.0. The van der Waals surface area contributed by atoms with Crippen LogP contribution < -0.4 is 10.2 Å². The summed E-state index contributed by atoms with van der Waals surface area (Å²) in [4.78, 5) is 9.85. The summed E-state index contributed by atoms with van der Waals surface area (Å²) in [6, 6.07) is 5.28. The van der Waals surface area contributed by atoms with E-state index in [-0.39, 0.29) is 10.8 Å². The lowest BCUT2D eigenvalue weighted by Gasteiger charge is -2.29. The minimum Gasteiger partial charge on any atom is -0.494 e. The van der Waals surface area contributed by atoms with Gasteiger partial charge in [0.05, 0.1) is 12.4 Å². The molecule has 0 aliphatic carbocycles. The number of hydrogen-bond acceptors (Lipinski definition) is 5. The summed E-state index contributed by atoms with van der Waals surface area (Å²) in [6.07, 6.45) is 1.53. The summed E-state index contributed by atoms with van der Waals surface area (Å²) >= 11 is 0. The Balaban J connectivity index is 0.00000180. The molecule has 0 aromatic heterocycles. The van der Waals surface area contributed by atoms with Crippen molar-refractivity contribution in [1.29, 1.82) is 0 Å². The second-order valence-electron chi connectivity index (χ2n) is 3.82. The number of hydrogen-bond donors (Lipinski definition) is 2. The number of hydrazine groups is 1. The van der Waals surface area contributed by atoms with Crippen molar-refractivity contribution in [2.24, 2.45) is 0 Å². The van der Waals surface area contributed by atoms with Gasteiger partial charge in [-0.2, -0.15) is 0 Å². The van der Waals surface area contributed by atoms with Crippen LogP contribution in [0.4, 0.5) is 5.69 Å². The van der Waals surface area contributed by atoms with E-state index in [0.29, 0.717) is 17.0 Å². The van der Waals surface area contributed by atoms with Crippen LogP contribution >= 0.6 is 7.60 Å². The monoisotopic (exact) mass is 288 g/mol. The maximum Gasteiger partial charge on any atom is 0.360 e. The van der Waals surface area contributed by atoms with Gasteiger partial charge in [0.2, 0.25) is 0 Å². The van der Waals surface area contributed by atoms with E-state index in [1.54, 1.807) is 37.4 Å². The van der Waals surface area contributed by atoms with Gasteiger partial charge in [0.25, 0.3) is 0 Å². The molecule has 0 bridgehead atoms. The predicted molar refractivity (Wildman–Crippen MR) is 72.8 cm³/mol. The molecule has 2 rings (SSSR count). The van der Waals surface area contributed by atoms with Crippen molar-refractivity contribution in [1.82, 2.24) is 5.01 Å². The molecule has 7 nitrogen and oxygen atoms in total. The Morgan fingerprint density at radius 2 is 2.05 bits per heavy atom. The second kappa shape index (κ2) is 5.63. The van der Waals surface area contributed by atoms with Crippen molar-refractivity contribution in [3.8, 4) is 5.75 Å². The Kier molecular flexibility index (Phi) is 4.60. The number of ether oxygens (including phenoxy) is 1. The van der Waals surface area contributed by atoms with E-state index in [2.05, 4.69) is 5.43 Å². The third kappa shape index (κ3) is 2.74. The fourth-order valence-corrected chi connectivity index (χ4v) is 2.82. The smallest absolute Gasteiger partial charge is 0.360 e. The highest BCUT2D eigenvalue weighted by molar-refractivity contribution is 7.64. The van der Waals surface area contributed by atoms with Crippen molar-refractivity contribution in [2.45, 2.75) is 0 Å². The first-order valence-corrected chi connectivity index (χ1v) is 6.85. The molecule has 0 fully saturated rings. The van der Waals surface area contributed by atoms with Crippen LogP contribution in [0.15, 0.2) is 24.4 Å². The van der Waals surface area contributed by atoms with Gasteiger partial charge in [0, 0.05) is 25.9 Å². The van der Waals surface area contributed by atoms with Crippen LogP contribution in [-0.4, -0.2) is 36.6 Å². The zero-order valence-corrected chi connectivity index (χ0v) is 11.8. The molecule has 1 heterocycles. The number of anilines is 1. The molecule has 0 saturated heterocycles. The Morgan fingerprint density at radius 1 is 1.37 bits per heavy atom. The first-order chi connectivity index (χ1) is 8.49. The molecule has 0 spiro atoms. The molecule has 0 amide bonds. The van der Waals surface area contributed by atoms with Gasteiger partial charge < -0.3 is 19.6 Å². The highest BCUT2D eigenvalue weighted by Gasteiger charge is 2.32. The largest absolute Gasteiger partial charge is 0.494 e. The summed E-state index contributed by atoms with van der Waals surface area (Å²) in [5, 5.41) is 1.82. The molecular formula is C11H17N2O5P. The Bertz CT molecular complexity index is 546. The number of rotatable bonds is 3. The van der Waals surface area contributed by atoms with Gasteiger partial charge in [0.1, 0.15) is 11.4 Å². The van der Waals surface area contributed by atoms with Crippen molar-refractivity contribution in [3.63, 3.8) is 0 Å². The van der Waals surface area contributed by atoms with Gasteiger partial charge in [-0.3, -0.25) is 15.0 Å². The van der Waals surface area contributed by atoms with Gasteiger partial charge in [0.15, 0.2) is 0 Å². The molecule has 19 heavy (non-hydrogen) atoms. The van der Waals surface area contributed by atoms with Crippen molar-refractivity contribution < 1.29 is 24.2 Å². The van der Waals surface area contributed by atoms with Gasteiger partial charge in [-0.15, -0.1) is 0 Å². The van der Waals surface area contributed by atoms with E-state index < -0.39 is 7.60 Å². The fraction of sp³-hybridized carbons (Fsp3) is 0.273. The average Bonchev–Trinajstić information content (AvgIpc) is 2.37. The van der Waals surface area contributed by atoms with Crippen molar-refractivity contribution in [2.75, 3.05) is 26.7 Å². The van der Waals surface area contributed by atoms with E-state index in [1.807, 2.05) is 0 Å². The lowest BCUT2D eigenvalue weighted by molar-refractivity contribution is 0.328. The van der Waals surface area contributed by atoms with E-state index in [0.717, 1.165) is 0 Å². The van der Waals surface area contributed by atoms with Gasteiger partial charge in [-0.1, -0.05) is 12.1 Å². The molecule has 0 radical (unpaired) electrons. The van der Waals surface area contributed by atoms with E-state index in [1.165, 1.54) is 13.3 Å². The topological polar surface area (TPSA) is 103 Å². The summed E-state index contributed by atoms with van der Waals surface area (Å²) in [7, 11) is 0.660. The number of methoxy groups -OCH3 is 1. The standard InChI is InChI=1S/C11H15N2O4P.H2O/c1-13-7-10(18(14,15)17-3)8-5-4-6-9(16-2)11(8)12-13;/h4-7,12H,1-3H3,(H,14,15);1H2. The molecule has 1 aromatic rings. The van der Waals surface area contributed by atoms with Crippen LogP contribution in [0.25, 0.3) is 5.31 Å². The third-order valence-corrected chi connectivity index (χ3v) is 4.14. The minimum absolute atomic E-state index is 0. The number of nitrogens with zero attached hydrogens (tertiary/aromatic N) is 1.